The Balaban J connectivity index is 1.33. The van der Waals surface area contributed by atoms with Gasteiger partial charge in [-0.15, -0.1) is 0 Å². The molecule has 6 atom stereocenters. The van der Waals surface area contributed by atoms with Crippen LogP contribution >= 0.6 is 10.2 Å². The van der Waals surface area contributed by atoms with Gasteiger partial charge in [-0.3, -0.25) is 0 Å². The lowest BCUT2D eigenvalue weighted by Crippen LogP contribution is -2.53. The summed E-state index contributed by atoms with van der Waals surface area (Å²) in [5.74, 6) is -5.16. The van der Waals surface area contributed by atoms with Crippen molar-refractivity contribution in [3.05, 3.63) is 0 Å². The second-order valence-corrected chi connectivity index (χ2v) is 15.0. The maximum absolute atomic E-state index is 15.2. The molecule has 1 aliphatic heterocycles. The summed E-state index contributed by atoms with van der Waals surface area (Å²) in [5.41, 5.74) is 0. The molecule has 0 N–H and O–H groups in total. The first-order valence-electron chi connectivity index (χ1n) is 13.7. The van der Waals surface area contributed by atoms with Crippen molar-refractivity contribution in [3.8, 4) is 0 Å². The average molecular weight is 611 g/mol. The largest absolute Gasteiger partial charge is 0.378 e. The van der Waals surface area contributed by atoms with Crippen LogP contribution in [-0.2, 0) is 9.47 Å². The molecule has 232 valence electrons. The molecule has 0 spiro atoms. The molecule has 6 unspecified atom stereocenters. The molecule has 0 bridgehead atoms. The van der Waals surface area contributed by atoms with Gasteiger partial charge in [0.25, 0.3) is 10.2 Å². The van der Waals surface area contributed by atoms with Crippen molar-refractivity contribution in [1.29, 1.82) is 0 Å². The highest BCUT2D eigenvalue weighted by Gasteiger charge is 2.70. The molecule has 0 aromatic heterocycles. The Labute approximate surface area is 221 Å². The van der Waals surface area contributed by atoms with Crippen molar-refractivity contribution < 1.29 is 55.2 Å². The van der Waals surface area contributed by atoms with Crippen molar-refractivity contribution in [3.63, 3.8) is 0 Å². The van der Waals surface area contributed by atoms with E-state index in [-0.39, 0.29) is 24.9 Å². The first kappa shape index (κ1) is 31.4. The van der Waals surface area contributed by atoms with Gasteiger partial charge in [0.15, 0.2) is 0 Å². The molecule has 1 heterocycles. The first-order chi connectivity index (χ1) is 17.7. The Bertz CT molecular complexity index is 819. The maximum Gasteiger partial charge on any atom is 0.364 e. The van der Waals surface area contributed by atoms with Crippen LogP contribution in [0.2, 0.25) is 0 Å². The topological polar surface area (TPSA) is 18.5 Å². The van der Waals surface area contributed by atoms with E-state index in [1.165, 1.54) is 0 Å². The first-order valence-corrected chi connectivity index (χ1v) is 15.7. The van der Waals surface area contributed by atoms with Crippen LogP contribution in [0.4, 0.5) is 45.8 Å². The van der Waals surface area contributed by atoms with Gasteiger partial charge in [0.2, 0.25) is 0 Å². The zero-order valence-corrected chi connectivity index (χ0v) is 22.4. The quantitative estimate of drug-likeness (QED) is 0.279. The summed E-state index contributed by atoms with van der Waals surface area (Å²) in [5, 5.41) is -2.93. The van der Waals surface area contributed by atoms with Crippen LogP contribution in [0.5, 0.6) is 0 Å². The van der Waals surface area contributed by atoms with Gasteiger partial charge < -0.3 is 9.47 Å². The van der Waals surface area contributed by atoms with E-state index in [4.69, 9.17) is 4.74 Å². The van der Waals surface area contributed by atoms with Crippen molar-refractivity contribution in [2.45, 2.75) is 119 Å². The summed E-state index contributed by atoms with van der Waals surface area (Å²) in [7, 11) is -9.80. The lowest BCUT2D eigenvalue weighted by atomic mass is 9.65. The van der Waals surface area contributed by atoms with Gasteiger partial charge in [0.05, 0.1) is 17.5 Å². The van der Waals surface area contributed by atoms with Crippen molar-refractivity contribution >= 4 is 10.2 Å². The summed E-state index contributed by atoms with van der Waals surface area (Å²) >= 11 is 0. The fourth-order valence-electron chi connectivity index (χ4n) is 7.21. The molecule has 39 heavy (non-hydrogen) atoms. The molecule has 4 rings (SSSR count). The smallest absolute Gasteiger partial charge is 0.364 e. The molecule has 0 amide bonds. The predicted octanol–water partition coefficient (Wildman–Crippen LogP) is 9.43. The normalized spacial score (nSPS) is 46.8. The Morgan fingerprint density at radius 2 is 1.21 bits per heavy atom. The van der Waals surface area contributed by atoms with E-state index in [0.29, 0.717) is 18.9 Å². The Morgan fingerprint density at radius 1 is 0.692 bits per heavy atom. The third-order valence-electron chi connectivity index (χ3n) is 9.30. The molecule has 3 saturated carbocycles. The molecule has 0 aromatic carbocycles. The lowest BCUT2D eigenvalue weighted by Gasteiger charge is -2.49. The van der Waals surface area contributed by atoms with Gasteiger partial charge in [-0.05, 0) is 82.0 Å². The van der Waals surface area contributed by atoms with Crippen molar-refractivity contribution in [2.75, 3.05) is 6.61 Å². The van der Waals surface area contributed by atoms with E-state index in [1.807, 2.05) is 6.92 Å². The minimum atomic E-state index is -9.80. The van der Waals surface area contributed by atoms with Crippen LogP contribution < -0.4 is 0 Å². The summed E-state index contributed by atoms with van der Waals surface area (Å²) in [4.78, 5) is 0. The molecule has 3 aliphatic carbocycles. The van der Waals surface area contributed by atoms with E-state index in [0.717, 1.165) is 6.42 Å². The number of ether oxygens (including phenoxy) is 2. The van der Waals surface area contributed by atoms with E-state index in [1.54, 1.807) is 0 Å². The van der Waals surface area contributed by atoms with Gasteiger partial charge in [0, 0.05) is 12.5 Å². The van der Waals surface area contributed by atoms with Gasteiger partial charge >= 0.3 is 6.11 Å². The molecular formula is C25H37F11O2S. The average Bonchev–Trinajstić information content (AvgIpc) is 2.77. The number of alkyl halides is 6. The summed E-state index contributed by atoms with van der Waals surface area (Å²) in [6, 6.07) is 0. The minimum absolute atomic E-state index is 0.0428. The number of hydrogen-bond acceptors (Lipinski definition) is 2. The molecule has 4 aliphatic rings. The SMILES string of the molecule is CC1CCC(C2CC(F)C(C3CC(F)C(C(F)(F)OC4CCC(S(F)(F)(F)(F)F)CC4)C(F)C3)C(F)C2)OC1. The second kappa shape index (κ2) is 10.3. The predicted molar refractivity (Wildman–Crippen MR) is 125 cm³/mol. The molecule has 0 aromatic rings. The van der Waals surface area contributed by atoms with E-state index in [2.05, 4.69) is 4.74 Å². The summed E-state index contributed by atoms with van der Waals surface area (Å²) in [6.07, 6.45) is -18.6. The molecule has 0 radical (unpaired) electrons. The standard InChI is InChI=1S/C25H37F11O2S/c1-13-2-7-22(37-12-13)14-8-18(26)23(19(27)9-14)15-10-20(28)24(21(29)11-15)25(30,31)38-16-3-5-17(6-4-16)39(32,33,34,35)36/h13-24H,2-12H2,1H3. The highest BCUT2D eigenvalue weighted by molar-refractivity contribution is 8.46. The van der Waals surface area contributed by atoms with Crippen LogP contribution in [0.25, 0.3) is 0 Å². The monoisotopic (exact) mass is 610 g/mol. The van der Waals surface area contributed by atoms with Crippen molar-refractivity contribution in [2.24, 2.45) is 29.6 Å². The highest BCUT2D eigenvalue weighted by atomic mass is 32.5. The summed E-state index contributed by atoms with van der Waals surface area (Å²) in [6.45, 7) is 2.50. The lowest BCUT2D eigenvalue weighted by molar-refractivity contribution is -0.319. The third-order valence-corrected chi connectivity index (χ3v) is 11.0. The van der Waals surface area contributed by atoms with Gasteiger partial charge in [-0.2, -0.15) is 8.78 Å². The molecule has 14 heteroatoms. The minimum Gasteiger partial charge on any atom is -0.378 e. The van der Waals surface area contributed by atoms with E-state index < -0.39 is 109 Å². The van der Waals surface area contributed by atoms with Crippen LogP contribution in [-0.4, -0.2) is 54.9 Å². The number of hydrogen-bond donors (Lipinski definition) is 0. The van der Waals surface area contributed by atoms with E-state index in [9.17, 15) is 28.2 Å². The maximum atomic E-state index is 15.2. The highest BCUT2D eigenvalue weighted by Crippen LogP contribution is 3.01. The Morgan fingerprint density at radius 3 is 1.67 bits per heavy atom. The van der Waals surface area contributed by atoms with Gasteiger partial charge in [-0.25, -0.2) is 17.6 Å². The molecular weight excluding hydrogens is 573 g/mol. The third kappa shape index (κ3) is 7.29. The van der Waals surface area contributed by atoms with E-state index >= 15 is 17.6 Å². The van der Waals surface area contributed by atoms with Crippen LogP contribution in [0.1, 0.15) is 71.1 Å². The van der Waals surface area contributed by atoms with Crippen molar-refractivity contribution in [1.82, 2.24) is 0 Å². The molecule has 2 nitrogen and oxygen atoms in total. The van der Waals surface area contributed by atoms with Gasteiger partial charge in [0.1, 0.15) is 30.6 Å². The number of halogens is 11. The summed E-state index contributed by atoms with van der Waals surface area (Å²) < 4.78 is 165. The fraction of sp³-hybridized carbons (Fsp3) is 1.00. The zero-order chi connectivity index (χ0) is 29.0. The molecule has 1 saturated heterocycles. The number of rotatable bonds is 6. The second-order valence-electron chi connectivity index (χ2n) is 12.3. The molecule has 4 fully saturated rings. The zero-order valence-electron chi connectivity index (χ0n) is 21.6. The van der Waals surface area contributed by atoms with Gasteiger partial charge in [-0.1, -0.05) is 26.4 Å². The Kier molecular flexibility index (Phi) is 8.34. The van der Waals surface area contributed by atoms with Crippen LogP contribution in [0.15, 0.2) is 0 Å². The van der Waals surface area contributed by atoms with Crippen LogP contribution in [0.3, 0.4) is 0 Å². The fourth-order valence-corrected chi connectivity index (χ4v) is 8.37. The van der Waals surface area contributed by atoms with Crippen LogP contribution in [0, 0.1) is 29.6 Å². The Hall–Kier alpha value is -0.500.